The summed E-state index contributed by atoms with van der Waals surface area (Å²) in [4.78, 5) is 18.4. The number of aliphatic hydroxyl groups is 1. The van der Waals surface area contributed by atoms with Gasteiger partial charge in [-0.25, -0.2) is 4.98 Å². The van der Waals surface area contributed by atoms with Crippen molar-refractivity contribution >= 4 is 5.91 Å². The number of pyridine rings is 1. The van der Waals surface area contributed by atoms with Crippen LogP contribution in [0.15, 0.2) is 18.3 Å². The van der Waals surface area contributed by atoms with Crippen molar-refractivity contribution in [2.45, 2.75) is 18.9 Å². The Kier molecular flexibility index (Phi) is 5.10. The van der Waals surface area contributed by atoms with Gasteiger partial charge in [0.15, 0.2) is 0 Å². The van der Waals surface area contributed by atoms with Crippen LogP contribution < -0.4 is 5.32 Å². The minimum Gasteiger partial charge on any atom is -0.384 e. The predicted molar refractivity (Wildman–Crippen MR) is 76.2 cm³/mol. The number of piperidine rings is 1. The molecule has 2 heterocycles. The van der Waals surface area contributed by atoms with Crippen molar-refractivity contribution in [1.82, 2.24) is 15.2 Å². The molecule has 0 aromatic carbocycles. The van der Waals surface area contributed by atoms with E-state index < -0.39 is 0 Å². The molecule has 0 bridgehead atoms. The first-order chi connectivity index (χ1) is 9.69. The van der Waals surface area contributed by atoms with E-state index in [2.05, 4.69) is 34.1 Å². The lowest BCUT2D eigenvalue weighted by Gasteiger charge is -2.30. The second-order valence-electron chi connectivity index (χ2n) is 4.97. The molecule has 106 valence electrons. The van der Waals surface area contributed by atoms with E-state index >= 15 is 0 Å². The fourth-order valence-corrected chi connectivity index (χ4v) is 2.29. The molecule has 1 aromatic rings. The maximum atomic E-state index is 12.1. The van der Waals surface area contributed by atoms with Crippen LogP contribution in [0.2, 0.25) is 0 Å². The van der Waals surface area contributed by atoms with Crippen molar-refractivity contribution in [2.24, 2.45) is 0 Å². The third kappa shape index (κ3) is 4.05. The monoisotopic (exact) mass is 273 g/mol. The SMILES string of the molecule is CN1CCCC(NC(=O)c2ccc(C#CCO)cn2)C1. The standard InChI is InChI=1S/C15H19N3O2/c1-18-8-2-5-13(11-18)17-15(20)14-7-6-12(10-16-14)4-3-9-19/h6-7,10,13,19H,2,5,8-9,11H2,1H3,(H,17,20). The summed E-state index contributed by atoms with van der Waals surface area (Å²) in [5.41, 5.74) is 1.08. The molecule has 0 spiro atoms. The van der Waals surface area contributed by atoms with Gasteiger partial charge < -0.3 is 15.3 Å². The molecular formula is C15H19N3O2. The Bertz CT molecular complexity index is 516. The molecule has 1 amide bonds. The van der Waals surface area contributed by atoms with Crippen molar-refractivity contribution in [3.8, 4) is 11.8 Å². The highest BCUT2D eigenvalue weighted by Gasteiger charge is 2.19. The lowest BCUT2D eigenvalue weighted by molar-refractivity contribution is 0.0907. The summed E-state index contributed by atoms with van der Waals surface area (Å²) in [6.07, 6.45) is 3.66. The molecule has 0 aliphatic carbocycles. The Morgan fingerprint density at radius 3 is 3.10 bits per heavy atom. The maximum Gasteiger partial charge on any atom is 0.270 e. The van der Waals surface area contributed by atoms with Gasteiger partial charge >= 0.3 is 0 Å². The third-order valence-electron chi connectivity index (χ3n) is 3.27. The normalized spacial score (nSPS) is 19.0. The van der Waals surface area contributed by atoms with Crippen LogP contribution in [0.25, 0.3) is 0 Å². The van der Waals surface area contributed by atoms with Crippen molar-refractivity contribution in [2.75, 3.05) is 26.7 Å². The average Bonchev–Trinajstić information content (AvgIpc) is 2.45. The molecule has 1 aromatic heterocycles. The molecule has 5 nitrogen and oxygen atoms in total. The van der Waals surface area contributed by atoms with Gasteiger partial charge in [-0.05, 0) is 38.6 Å². The summed E-state index contributed by atoms with van der Waals surface area (Å²) >= 11 is 0. The lowest BCUT2D eigenvalue weighted by atomic mass is 10.1. The molecule has 1 fully saturated rings. The Labute approximate surface area is 119 Å². The number of carbonyl (C=O) groups excluding carboxylic acids is 1. The van der Waals surface area contributed by atoms with Crippen LogP contribution in [0.1, 0.15) is 28.9 Å². The quantitative estimate of drug-likeness (QED) is 0.758. The zero-order chi connectivity index (χ0) is 14.4. The Morgan fingerprint density at radius 1 is 1.60 bits per heavy atom. The Hall–Kier alpha value is -1.90. The molecule has 2 rings (SSSR count). The minimum absolute atomic E-state index is 0.146. The highest BCUT2D eigenvalue weighted by atomic mass is 16.2. The second-order valence-corrected chi connectivity index (χ2v) is 4.97. The van der Waals surface area contributed by atoms with Gasteiger partial charge in [0.1, 0.15) is 12.3 Å². The van der Waals surface area contributed by atoms with E-state index in [1.165, 1.54) is 0 Å². The molecule has 5 heteroatoms. The predicted octanol–water partition coefficient (Wildman–Crippen LogP) is 0.249. The van der Waals surface area contributed by atoms with Gasteiger partial charge in [-0.2, -0.15) is 0 Å². The minimum atomic E-state index is -0.183. The second kappa shape index (κ2) is 7.04. The van der Waals surface area contributed by atoms with E-state index in [9.17, 15) is 4.79 Å². The highest BCUT2D eigenvalue weighted by Crippen LogP contribution is 2.08. The van der Waals surface area contributed by atoms with Crippen LogP contribution in [-0.2, 0) is 0 Å². The van der Waals surface area contributed by atoms with E-state index in [-0.39, 0.29) is 18.6 Å². The zero-order valence-electron chi connectivity index (χ0n) is 11.6. The van der Waals surface area contributed by atoms with Crippen LogP contribution in [0.5, 0.6) is 0 Å². The van der Waals surface area contributed by atoms with Gasteiger partial charge in [0.05, 0.1) is 0 Å². The Balaban J connectivity index is 1.95. The molecule has 1 atom stereocenters. The van der Waals surface area contributed by atoms with Gasteiger partial charge in [0, 0.05) is 24.3 Å². The van der Waals surface area contributed by atoms with Crippen LogP contribution in [0, 0.1) is 11.8 Å². The molecule has 1 unspecified atom stereocenters. The van der Waals surface area contributed by atoms with Gasteiger partial charge in [-0.3, -0.25) is 4.79 Å². The van der Waals surface area contributed by atoms with Crippen LogP contribution in [-0.4, -0.2) is 53.7 Å². The fraction of sp³-hybridized carbons (Fsp3) is 0.467. The lowest BCUT2D eigenvalue weighted by Crippen LogP contribution is -2.46. The molecule has 0 saturated carbocycles. The first-order valence-corrected chi connectivity index (χ1v) is 6.74. The van der Waals surface area contributed by atoms with E-state index in [0.717, 1.165) is 25.9 Å². The summed E-state index contributed by atoms with van der Waals surface area (Å²) in [5, 5.41) is 11.6. The number of aromatic nitrogens is 1. The summed E-state index contributed by atoms with van der Waals surface area (Å²) in [5.74, 6) is 5.14. The topological polar surface area (TPSA) is 65.5 Å². The number of likely N-dealkylation sites (tertiary alicyclic amines) is 1. The number of hydrogen-bond donors (Lipinski definition) is 2. The molecule has 1 aliphatic heterocycles. The number of rotatable bonds is 2. The van der Waals surface area contributed by atoms with Gasteiger partial charge in [-0.15, -0.1) is 0 Å². The molecular weight excluding hydrogens is 254 g/mol. The van der Waals surface area contributed by atoms with E-state index in [4.69, 9.17) is 5.11 Å². The number of likely N-dealkylation sites (N-methyl/N-ethyl adjacent to an activating group) is 1. The molecule has 20 heavy (non-hydrogen) atoms. The van der Waals surface area contributed by atoms with Crippen LogP contribution in [0.4, 0.5) is 0 Å². The molecule has 0 radical (unpaired) electrons. The van der Waals surface area contributed by atoms with Crippen molar-refractivity contribution < 1.29 is 9.90 Å². The van der Waals surface area contributed by atoms with Crippen LogP contribution in [0.3, 0.4) is 0 Å². The summed E-state index contributed by atoms with van der Waals surface area (Å²) in [7, 11) is 2.06. The largest absolute Gasteiger partial charge is 0.384 e. The number of carbonyl (C=O) groups is 1. The number of hydrogen-bond acceptors (Lipinski definition) is 4. The molecule has 1 saturated heterocycles. The summed E-state index contributed by atoms with van der Waals surface area (Å²) in [6, 6.07) is 3.58. The Morgan fingerprint density at radius 2 is 2.45 bits per heavy atom. The van der Waals surface area contributed by atoms with Gasteiger partial charge in [0.2, 0.25) is 0 Å². The van der Waals surface area contributed by atoms with Crippen LogP contribution >= 0.6 is 0 Å². The first kappa shape index (κ1) is 14.5. The van der Waals surface area contributed by atoms with Gasteiger partial charge in [-0.1, -0.05) is 11.8 Å². The maximum absolute atomic E-state index is 12.1. The fourth-order valence-electron chi connectivity index (χ4n) is 2.29. The molecule has 1 aliphatic rings. The summed E-state index contributed by atoms with van der Waals surface area (Å²) in [6.45, 7) is 1.78. The number of nitrogens with zero attached hydrogens (tertiary/aromatic N) is 2. The van der Waals surface area contributed by atoms with E-state index in [1.807, 2.05) is 0 Å². The number of amides is 1. The number of aliphatic hydroxyl groups excluding tert-OH is 1. The molecule has 2 N–H and O–H groups in total. The average molecular weight is 273 g/mol. The summed E-state index contributed by atoms with van der Waals surface area (Å²) < 4.78 is 0. The van der Waals surface area contributed by atoms with Gasteiger partial charge in [0.25, 0.3) is 5.91 Å². The number of nitrogens with one attached hydrogen (secondary N) is 1. The van der Waals surface area contributed by atoms with Crippen molar-refractivity contribution in [1.29, 1.82) is 0 Å². The highest BCUT2D eigenvalue weighted by molar-refractivity contribution is 5.92. The van der Waals surface area contributed by atoms with Crippen molar-refractivity contribution in [3.05, 3.63) is 29.6 Å². The third-order valence-corrected chi connectivity index (χ3v) is 3.27. The van der Waals surface area contributed by atoms with Crippen molar-refractivity contribution in [3.63, 3.8) is 0 Å². The van der Waals surface area contributed by atoms with E-state index in [1.54, 1.807) is 18.3 Å². The van der Waals surface area contributed by atoms with E-state index in [0.29, 0.717) is 11.3 Å². The first-order valence-electron chi connectivity index (χ1n) is 6.74. The smallest absolute Gasteiger partial charge is 0.270 e. The zero-order valence-corrected chi connectivity index (χ0v) is 11.6.